The van der Waals surface area contributed by atoms with Crippen molar-refractivity contribution in [2.45, 2.75) is 33.4 Å². The van der Waals surface area contributed by atoms with Crippen molar-refractivity contribution in [1.29, 1.82) is 0 Å². The second-order valence-electron chi connectivity index (χ2n) is 12.8. The maximum atomic E-state index is 14.1. The Kier molecular flexibility index (Phi) is 7.93. The minimum Gasteiger partial charge on any atom is -0.506 e. The van der Waals surface area contributed by atoms with E-state index in [9.17, 15) is 57.8 Å². The van der Waals surface area contributed by atoms with Crippen LogP contribution in [-0.2, 0) is 40.3 Å². The zero-order valence-electron chi connectivity index (χ0n) is 28.6. The number of phenols is 2. The number of aromatic hydroxyl groups is 2. The molecule has 0 unspecified atom stereocenters. The van der Waals surface area contributed by atoms with Crippen molar-refractivity contribution in [3.63, 3.8) is 0 Å². The van der Waals surface area contributed by atoms with Gasteiger partial charge in [0, 0.05) is 21.5 Å². The Balaban J connectivity index is 1.17. The van der Waals surface area contributed by atoms with E-state index in [0.29, 0.717) is 0 Å². The number of urea groups is 1. The topological polar surface area (TPSA) is 265 Å². The van der Waals surface area contributed by atoms with Gasteiger partial charge in [-0.05, 0) is 85.6 Å². The number of carbonyl (C=O) groups excluding carboxylic acids is 1. The number of amides is 2. The van der Waals surface area contributed by atoms with E-state index in [-0.39, 0.29) is 66.8 Å². The van der Waals surface area contributed by atoms with E-state index in [1.807, 2.05) is 0 Å². The lowest BCUT2D eigenvalue weighted by Gasteiger charge is -2.35. The van der Waals surface area contributed by atoms with Crippen LogP contribution in [0.5, 0.6) is 11.5 Å². The summed E-state index contributed by atoms with van der Waals surface area (Å²) >= 11 is 0. The predicted molar refractivity (Wildman–Crippen MR) is 205 cm³/mol. The summed E-state index contributed by atoms with van der Waals surface area (Å²) in [5.41, 5.74) is -0.643. The van der Waals surface area contributed by atoms with E-state index in [0.717, 1.165) is 32.9 Å². The van der Waals surface area contributed by atoms with Crippen LogP contribution in [0.1, 0.15) is 11.1 Å². The van der Waals surface area contributed by atoms with Gasteiger partial charge in [-0.3, -0.25) is 9.11 Å². The molecule has 10 rings (SSSR count). The molecule has 0 aliphatic carbocycles. The Bertz CT molecular complexity index is 3050. The molecule has 0 spiro atoms. The third-order valence-corrected chi connectivity index (χ3v) is 15.0. The molecule has 0 atom stereocenters. The van der Waals surface area contributed by atoms with Crippen LogP contribution >= 0.6 is 0 Å². The number of nitrogens with one attached hydrogen (secondary N) is 2. The third kappa shape index (κ3) is 5.27. The van der Waals surface area contributed by atoms with Crippen LogP contribution in [0.15, 0.2) is 105 Å². The Morgan fingerprint density at radius 3 is 1.29 bits per heavy atom. The van der Waals surface area contributed by atoms with Gasteiger partial charge in [0.15, 0.2) is 0 Å². The van der Waals surface area contributed by atoms with Crippen molar-refractivity contribution in [3.8, 4) is 11.5 Å². The third-order valence-electron chi connectivity index (χ3n) is 9.65. The average molecular weight is 839 g/mol. The first-order valence-electron chi connectivity index (χ1n) is 16.1. The number of anilines is 6. The fourth-order valence-electron chi connectivity index (χ4n) is 7.21. The summed E-state index contributed by atoms with van der Waals surface area (Å²) in [7, 11) is -18.7. The summed E-state index contributed by atoms with van der Waals surface area (Å²) in [5, 5.41) is 26.7. The summed E-state index contributed by atoms with van der Waals surface area (Å²) in [6.07, 6.45) is 0. The summed E-state index contributed by atoms with van der Waals surface area (Å²) in [5.74, 6) is -1.07. The monoisotopic (exact) mass is 838 g/mol. The van der Waals surface area contributed by atoms with Crippen LogP contribution in [0.4, 0.5) is 38.9 Å². The van der Waals surface area contributed by atoms with E-state index in [2.05, 4.69) is 10.6 Å². The van der Waals surface area contributed by atoms with Crippen LogP contribution in [0.25, 0.3) is 21.5 Å². The quantitative estimate of drug-likeness (QED) is 0.108. The second-order valence-corrected chi connectivity index (χ2v) is 19.1. The molecule has 2 amide bonds. The van der Waals surface area contributed by atoms with Crippen LogP contribution in [-0.4, -0.2) is 59.0 Å². The summed E-state index contributed by atoms with van der Waals surface area (Å²) in [6.45, 7) is 2.96. The van der Waals surface area contributed by atoms with Gasteiger partial charge in [-0.1, -0.05) is 24.3 Å². The number of rotatable bonds is 6. The van der Waals surface area contributed by atoms with Gasteiger partial charge in [0.2, 0.25) is 0 Å². The average Bonchev–Trinajstić information content (AvgIpc) is 3.10. The summed E-state index contributed by atoms with van der Waals surface area (Å²) < 4.78 is 126. The van der Waals surface area contributed by atoms with E-state index in [4.69, 9.17) is 0 Å². The van der Waals surface area contributed by atoms with Gasteiger partial charge in [-0.15, -0.1) is 0 Å². The first-order chi connectivity index (χ1) is 26.2. The minimum absolute atomic E-state index is 0.0268. The molecule has 21 heteroatoms. The van der Waals surface area contributed by atoms with Gasteiger partial charge in [0.05, 0.1) is 22.7 Å². The van der Waals surface area contributed by atoms with Crippen molar-refractivity contribution in [3.05, 3.63) is 96.1 Å². The van der Waals surface area contributed by atoms with Crippen LogP contribution in [0, 0.1) is 13.8 Å². The zero-order valence-corrected chi connectivity index (χ0v) is 31.8. The summed E-state index contributed by atoms with van der Waals surface area (Å²) in [4.78, 5) is 11.7. The molecule has 6 N–H and O–H groups in total. The Labute approximate surface area is 318 Å². The number of carbonyl (C=O) groups is 1. The normalized spacial score (nSPS) is 15.4. The first kappa shape index (κ1) is 37.0. The van der Waals surface area contributed by atoms with Gasteiger partial charge < -0.3 is 20.8 Å². The number of hydrogen-bond donors (Lipinski definition) is 6. The Morgan fingerprint density at radius 2 is 0.929 bits per heavy atom. The molecule has 0 aromatic heterocycles. The van der Waals surface area contributed by atoms with E-state index in [1.165, 1.54) is 74.5 Å². The number of hydrogen-bond acceptors (Lipinski definition) is 11. The lowest BCUT2D eigenvalue weighted by Crippen LogP contribution is -2.35. The van der Waals surface area contributed by atoms with E-state index < -0.39 is 77.4 Å². The molecule has 4 aliphatic rings. The highest BCUT2D eigenvalue weighted by molar-refractivity contribution is 7.94. The lowest BCUT2D eigenvalue weighted by molar-refractivity contribution is 0.262. The smallest absolute Gasteiger partial charge is 0.323 e. The van der Waals surface area contributed by atoms with E-state index >= 15 is 0 Å². The van der Waals surface area contributed by atoms with Crippen molar-refractivity contribution < 1.29 is 57.8 Å². The SMILES string of the molecule is Cc1c2ccc(c1NC(=O)Nc1c3ccc(c1C)N(c1c(O)ccc4c(S(=O)(=O)O)cccc14)S3(=O)=O)S(=O)(=O)N2c1c(O)ccc2c(S(=O)(=O)O)cccc12. The van der Waals surface area contributed by atoms with Crippen molar-refractivity contribution in [1.82, 2.24) is 0 Å². The molecule has 0 saturated carbocycles. The number of benzene rings is 6. The molecule has 56 heavy (non-hydrogen) atoms. The predicted octanol–water partition coefficient (Wildman–Crippen LogP) is 5.84. The Hall–Kier alpha value is -5.97. The molecule has 4 bridgehead atoms. The maximum Gasteiger partial charge on any atom is 0.323 e. The highest BCUT2D eigenvalue weighted by Gasteiger charge is 2.42. The minimum atomic E-state index is -4.75. The molecular formula is C35H26N4O13S4. The summed E-state index contributed by atoms with van der Waals surface area (Å²) in [6, 6.07) is 16.3. The van der Waals surface area contributed by atoms with Crippen molar-refractivity contribution >= 4 is 102 Å². The standard InChI is InChI=1S/C35H26N4O13S4/c1-17-23-11-15-29(53(43,44)38(23)33-21-5-3-7-27(55(47,48)49)19(21)9-13-25(33)40)31(17)36-35(42)37-32-18(2)24-12-16-30(32)54(45,46)39(24)34-22-6-4-8-28(56(50,51)52)20(22)10-14-26(34)41/h3-16,40-41H,1-2H3,(H2,36,37,42)(H,47,48,49)(H,50,51,52). The van der Waals surface area contributed by atoms with Crippen LogP contribution in [0.3, 0.4) is 0 Å². The number of fused-ring (bicyclic) bond motifs is 8. The molecule has 4 heterocycles. The molecule has 0 fully saturated rings. The van der Waals surface area contributed by atoms with Crippen molar-refractivity contribution in [2.75, 3.05) is 19.2 Å². The first-order valence-corrected chi connectivity index (χ1v) is 21.8. The van der Waals surface area contributed by atoms with Gasteiger partial charge in [-0.25, -0.2) is 30.2 Å². The second kappa shape index (κ2) is 12.0. The number of phenolic OH excluding ortho intramolecular Hbond substituents is 2. The number of nitrogens with zero attached hydrogens (tertiary/aromatic N) is 2. The van der Waals surface area contributed by atoms with E-state index in [1.54, 1.807) is 0 Å². The van der Waals surface area contributed by atoms with Crippen LogP contribution in [0.2, 0.25) is 0 Å². The van der Waals surface area contributed by atoms with Gasteiger partial charge in [0.25, 0.3) is 40.3 Å². The molecule has 0 radical (unpaired) electrons. The van der Waals surface area contributed by atoms with Gasteiger partial charge in [-0.2, -0.15) is 16.8 Å². The molecule has 6 aromatic rings. The maximum absolute atomic E-state index is 14.1. The Morgan fingerprint density at radius 1 is 0.554 bits per heavy atom. The van der Waals surface area contributed by atoms with Crippen molar-refractivity contribution in [2.24, 2.45) is 0 Å². The molecule has 17 nitrogen and oxygen atoms in total. The van der Waals surface area contributed by atoms with Crippen LogP contribution < -0.4 is 19.2 Å². The molecule has 288 valence electrons. The van der Waals surface area contributed by atoms with Gasteiger partial charge >= 0.3 is 6.03 Å². The fourth-order valence-corrected chi connectivity index (χ4v) is 12.2. The molecule has 0 saturated heterocycles. The highest BCUT2D eigenvalue weighted by atomic mass is 32.2. The fraction of sp³-hybridized carbons (Fsp3) is 0.0571. The highest BCUT2D eigenvalue weighted by Crippen LogP contribution is 2.53. The molecular weight excluding hydrogens is 813 g/mol. The zero-order chi connectivity index (χ0) is 40.4. The lowest BCUT2D eigenvalue weighted by atomic mass is 10.1. The largest absolute Gasteiger partial charge is 0.506 e. The molecule has 6 aromatic carbocycles. The van der Waals surface area contributed by atoms with Gasteiger partial charge in [0.1, 0.15) is 42.5 Å². The number of sulfonamides is 2. The molecule has 4 aliphatic heterocycles.